The van der Waals surface area contributed by atoms with Crippen molar-refractivity contribution in [2.24, 2.45) is 5.92 Å². The predicted octanol–water partition coefficient (Wildman–Crippen LogP) is 2.08. The lowest BCUT2D eigenvalue weighted by Gasteiger charge is -2.27. The van der Waals surface area contributed by atoms with Crippen LogP contribution in [0.2, 0.25) is 0 Å². The normalized spacial score (nSPS) is 23.9. The number of nitrogens with one attached hydrogen (secondary N) is 1. The fourth-order valence-corrected chi connectivity index (χ4v) is 3.03. The molecule has 2 aromatic heterocycles. The molecule has 0 radical (unpaired) electrons. The molecule has 1 fully saturated rings. The van der Waals surface area contributed by atoms with Gasteiger partial charge in [0, 0.05) is 12.7 Å². The predicted molar refractivity (Wildman–Crippen MR) is 69.4 cm³/mol. The summed E-state index contributed by atoms with van der Waals surface area (Å²) in [5.41, 5.74) is 1.76. The highest BCUT2D eigenvalue weighted by Gasteiger charge is 2.43. The Morgan fingerprint density at radius 3 is 3.00 bits per heavy atom. The molecular formula is C12H16N4OS. The van der Waals surface area contributed by atoms with Crippen molar-refractivity contribution in [2.75, 3.05) is 13.1 Å². The van der Waals surface area contributed by atoms with E-state index in [4.69, 9.17) is 4.52 Å². The quantitative estimate of drug-likeness (QED) is 0.919. The Hall–Kier alpha value is -1.27. The SMILES string of the molecule is CC(C)C1(c2nc(-c3cncs3)no2)CCNC1. The van der Waals surface area contributed by atoms with Crippen LogP contribution in [-0.4, -0.2) is 28.2 Å². The van der Waals surface area contributed by atoms with Gasteiger partial charge in [0.2, 0.25) is 11.7 Å². The molecule has 1 saturated heterocycles. The first-order chi connectivity index (χ1) is 8.72. The van der Waals surface area contributed by atoms with E-state index in [2.05, 4.69) is 34.3 Å². The second kappa shape index (κ2) is 4.44. The zero-order valence-corrected chi connectivity index (χ0v) is 11.3. The van der Waals surface area contributed by atoms with Gasteiger partial charge >= 0.3 is 0 Å². The molecule has 0 saturated carbocycles. The van der Waals surface area contributed by atoms with Crippen LogP contribution in [0.4, 0.5) is 0 Å². The van der Waals surface area contributed by atoms with Crippen molar-refractivity contribution in [3.8, 4) is 10.7 Å². The zero-order chi connectivity index (χ0) is 12.6. The van der Waals surface area contributed by atoms with Crippen molar-refractivity contribution in [3.05, 3.63) is 17.6 Å². The maximum absolute atomic E-state index is 5.51. The molecule has 0 amide bonds. The number of rotatable bonds is 3. The minimum absolute atomic E-state index is 0.0179. The van der Waals surface area contributed by atoms with E-state index in [1.54, 1.807) is 11.7 Å². The lowest BCUT2D eigenvalue weighted by atomic mass is 9.76. The molecule has 1 N–H and O–H groups in total. The molecule has 3 rings (SSSR count). The molecule has 0 bridgehead atoms. The van der Waals surface area contributed by atoms with E-state index >= 15 is 0 Å². The van der Waals surface area contributed by atoms with Gasteiger partial charge in [-0.25, -0.2) is 0 Å². The van der Waals surface area contributed by atoms with Crippen LogP contribution in [0.5, 0.6) is 0 Å². The Balaban J connectivity index is 1.97. The second-order valence-electron chi connectivity index (χ2n) is 5.03. The van der Waals surface area contributed by atoms with E-state index in [1.807, 2.05) is 0 Å². The van der Waals surface area contributed by atoms with Crippen molar-refractivity contribution in [1.82, 2.24) is 20.4 Å². The van der Waals surface area contributed by atoms with Gasteiger partial charge in [-0.05, 0) is 18.9 Å². The summed E-state index contributed by atoms with van der Waals surface area (Å²) in [6.07, 6.45) is 2.82. The number of aromatic nitrogens is 3. The fourth-order valence-electron chi connectivity index (χ4n) is 2.49. The second-order valence-corrected chi connectivity index (χ2v) is 5.91. The summed E-state index contributed by atoms with van der Waals surface area (Å²) in [6, 6.07) is 0. The Kier molecular flexibility index (Phi) is 2.91. The van der Waals surface area contributed by atoms with Gasteiger partial charge < -0.3 is 9.84 Å². The van der Waals surface area contributed by atoms with Gasteiger partial charge in [0.15, 0.2) is 0 Å². The number of hydrogen-bond donors (Lipinski definition) is 1. The molecule has 1 aliphatic rings. The summed E-state index contributed by atoms with van der Waals surface area (Å²) >= 11 is 1.53. The van der Waals surface area contributed by atoms with Crippen molar-refractivity contribution in [3.63, 3.8) is 0 Å². The van der Waals surface area contributed by atoms with Crippen molar-refractivity contribution in [2.45, 2.75) is 25.7 Å². The van der Waals surface area contributed by atoms with E-state index in [-0.39, 0.29) is 5.41 Å². The molecule has 0 spiro atoms. The Labute approximate surface area is 110 Å². The van der Waals surface area contributed by atoms with E-state index in [1.165, 1.54) is 11.3 Å². The van der Waals surface area contributed by atoms with Crippen molar-refractivity contribution in [1.29, 1.82) is 0 Å². The molecule has 1 aliphatic heterocycles. The molecule has 3 heterocycles. The third kappa shape index (κ3) is 1.76. The number of hydrogen-bond acceptors (Lipinski definition) is 6. The average Bonchev–Trinajstić information content (AvgIpc) is 3.11. The zero-order valence-electron chi connectivity index (χ0n) is 10.5. The van der Waals surface area contributed by atoms with Gasteiger partial charge in [-0.3, -0.25) is 4.98 Å². The Morgan fingerprint density at radius 2 is 2.39 bits per heavy atom. The third-order valence-electron chi connectivity index (χ3n) is 3.80. The van der Waals surface area contributed by atoms with Crippen molar-refractivity contribution < 1.29 is 4.52 Å². The standard InChI is InChI=1S/C12H16N4OS/c1-8(2)12(3-4-13-6-12)11-15-10(16-17-11)9-5-14-7-18-9/h5,7-8,13H,3-4,6H2,1-2H3. The minimum Gasteiger partial charge on any atom is -0.338 e. The summed E-state index contributed by atoms with van der Waals surface area (Å²) in [5, 5.41) is 7.49. The molecule has 18 heavy (non-hydrogen) atoms. The molecule has 2 aromatic rings. The first kappa shape index (κ1) is 11.8. The molecule has 96 valence electrons. The van der Waals surface area contributed by atoms with E-state index in [0.717, 1.165) is 30.3 Å². The van der Waals surface area contributed by atoms with Crippen LogP contribution in [0.1, 0.15) is 26.2 Å². The molecular weight excluding hydrogens is 248 g/mol. The van der Waals surface area contributed by atoms with Gasteiger partial charge in [-0.15, -0.1) is 11.3 Å². The molecule has 5 nitrogen and oxygen atoms in total. The van der Waals surface area contributed by atoms with Crippen LogP contribution in [0.25, 0.3) is 10.7 Å². The smallest absolute Gasteiger partial charge is 0.234 e. The maximum atomic E-state index is 5.51. The minimum atomic E-state index is -0.0179. The fraction of sp³-hybridized carbons (Fsp3) is 0.583. The van der Waals surface area contributed by atoms with Gasteiger partial charge in [0.05, 0.1) is 15.8 Å². The summed E-state index contributed by atoms with van der Waals surface area (Å²) in [7, 11) is 0. The van der Waals surface area contributed by atoms with Crippen LogP contribution in [-0.2, 0) is 5.41 Å². The lowest BCUT2D eigenvalue weighted by molar-refractivity contribution is 0.234. The van der Waals surface area contributed by atoms with Crippen LogP contribution < -0.4 is 5.32 Å². The molecule has 0 aliphatic carbocycles. The highest BCUT2D eigenvalue weighted by molar-refractivity contribution is 7.13. The number of nitrogens with zero attached hydrogens (tertiary/aromatic N) is 3. The van der Waals surface area contributed by atoms with E-state index in [0.29, 0.717) is 11.7 Å². The highest BCUT2D eigenvalue weighted by atomic mass is 32.1. The lowest BCUT2D eigenvalue weighted by Crippen LogP contribution is -2.35. The molecule has 0 aromatic carbocycles. The first-order valence-corrected chi connectivity index (χ1v) is 7.04. The van der Waals surface area contributed by atoms with Gasteiger partial charge in [-0.1, -0.05) is 19.0 Å². The molecule has 1 unspecified atom stereocenters. The van der Waals surface area contributed by atoms with E-state index in [9.17, 15) is 0 Å². The summed E-state index contributed by atoms with van der Waals surface area (Å²) in [6.45, 7) is 6.35. The largest absolute Gasteiger partial charge is 0.338 e. The molecule has 1 atom stereocenters. The van der Waals surface area contributed by atoms with Crippen LogP contribution in [0.3, 0.4) is 0 Å². The monoisotopic (exact) mass is 264 g/mol. The first-order valence-electron chi connectivity index (χ1n) is 6.16. The summed E-state index contributed by atoms with van der Waals surface area (Å²) < 4.78 is 5.51. The summed E-state index contributed by atoms with van der Waals surface area (Å²) in [5.74, 6) is 1.88. The molecule has 6 heteroatoms. The Bertz CT molecular complexity index is 514. The average molecular weight is 264 g/mol. The number of thiazole rings is 1. The van der Waals surface area contributed by atoms with Crippen LogP contribution in [0, 0.1) is 5.92 Å². The van der Waals surface area contributed by atoms with Gasteiger partial charge in [-0.2, -0.15) is 4.98 Å². The maximum Gasteiger partial charge on any atom is 0.234 e. The highest BCUT2D eigenvalue weighted by Crippen LogP contribution is 2.37. The Morgan fingerprint density at radius 1 is 1.50 bits per heavy atom. The van der Waals surface area contributed by atoms with Crippen LogP contribution >= 0.6 is 11.3 Å². The topological polar surface area (TPSA) is 63.8 Å². The third-order valence-corrected chi connectivity index (χ3v) is 4.57. The summed E-state index contributed by atoms with van der Waals surface area (Å²) in [4.78, 5) is 9.58. The van der Waals surface area contributed by atoms with Gasteiger partial charge in [0.1, 0.15) is 0 Å². The van der Waals surface area contributed by atoms with Crippen LogP contribution in [0.15, 0.2) is 16.2 Å². The van der Waals surface area contributed by atoms with E-state index < -0.39 is 0 Å². The van der Waals surface area contributed by atoms with Crippen molar-refractivity contribution >= 4 is 11.3 Å². The van der Waals surface area contributed by atoms with Gasteiger partial charge in [0.25, 0.3) is 0 Å².